The molecule has 1 saturated heterocycles. The van der Waals surface area contributed by atoms with Gasteiger partial charge in [0.25, 0.3) is 0 Å². The minimum absolute atomic E-state index is 0.0739. The number of aryl methyl sites for hydroxylation is 2. The Labute approximate surface area is 248 Å². The van der Waals surface area contributed by atoms with Crippen molar-refractivity contribution in [1.82, 2.24) is 14.7 Å². The van der Waals surface area contributed by atoms with Crippen LogP contribution < -0.4 is 10.1 Å². The summed E-state index contributed by atoms with van der Waals surface area (Å²) in [6, 6.07) is 14.7. The van der Waals surface area contributed by atoms with E-state index in [2.05, 4.69) is 5.32 Å². The van der Waals surface area contributed by atoms with Gasteiger partial charge in [-0.3, -0.25) is 19.3 Å². The zero-order valence-corrected chi connectivity index (χ0v) is 24.6. The van der Waals surface area contributed by atoms with Crippen LogP contribution in [-0.4, -0.2) is 72.2 Å². The highest BCUT2D eigenvalue weighted by Gasteiger charge is 2.29. The fourth-order valence-electron chi connectivity index (χ4n) is 4.55. The molecule has 1 heterocycles. The van der Waals surface area contributed by atoms with Crippen molar-refractivity contribution >= 4 is 46.6 Å². The first-order valence-corrected chi connectivity index (χ1v) is 13.8. The van der Waals surface area contributed by atoms with Gasteiger partial charge in [0.15, 0.2) is 0 Å². The van der Waals surface area contributed by atoms with E-state index in [1.165, 1.54) is 35.0 Å². The molecule has 0 spiro atoms. The number of anilines is 1. The first-order valence-electron chi connectivity index (χ1n) is 13.1. The van der Waals surface area contributed by atoms with E-state index in [0.29, 0.717) is 48.3 Å². The lowest BCUT2D eigenvalue weighted by atomic mass is 10.1. The van der Waals surface area contributed by atoms with Gasteiger partial charge in [0, 0.05) is 62.1 Å². The number of nitrogens with one attached hydrogen (secondary N) is 1. The topological polar surface area (TPSA) is 82.2 Å². The van der Waals surface area contributed by atoms with Crippen molar-refractivity contribution in [3.05, 3.63) is 87.2 Å². The molecule has 0 atom stereocenters. The van der Waals surface area contributed by atoms with Crippen molar-refractivity contribution in [3.8, 4) is 11.5 Å². The highest BCUT2D eigenvalue weighted by atomic mass is 35.5. The second kappa shape index (κ2) is 13.3. The molecular formula is C30H31Cl2FN4O4. The van der Waals surface area contributed by atoms with Gasteiger partial charge < -0.3 is 19.9 Å². The number of halogens is 3. The molecule has 0 radical (unpaired) electrons. The molecule has 0 unspecified atom stereocenters. The normalized spacial score (nSPS) is 13.6. The Balaban J connectivity index is 1.31. The molecule has 0 saturated carbocycles. The first kappa shape index (κ1) is 30.3. The van der Waals surface area contributed by atoms with Gasteiger partial charge in [-0.15, -0.1) is 0 Å². The van der Waals surface area contributed by atoms with Gasteiger partial charge in [-0.25, -0.2) is 4.39 Å². The van der Waals surface area contributed by atoms with Crippen LogP contribution in [0.15, 0.2) is 54.6 Å². The molecule has 1 aliphatic rings. The predicted molar refractivity (Wildman–Crippen MR) is 157 cm³/mol. The summed E-state index contributed by atoms with van der Waals surface area (Å²) in [6.07, 6.45) is 0. The molecule has 41 heavy (non-hydrogen) atoms. The van der Waals surface area contributed by atoms with Crippen LogP contribution in [-0.2, 0) is 20.9 Å². The number of hydrogen-bond donors (Lipinski definition) is 1. The van der Waals surface area contributed by atoms with E-state index in [1.54, 1.807) is 18.2 Å². The summed E-state index contributed by atoms with van der Waals surface area (Å²) >= 11 is 12.0. The SMILES string of the molecule is Cc1cccc(C)c1NC(=O)CN1CCN(C(=O)C(=O)N(C)Cc2ccc(Cl)cc2Oc2ccc(F)c(Cl)c2)CC1. The molecule has 216 valence electrons. The lowest BCUT2D eigenvalue weighted by Gasteiger charge is -2.34. The maximum Gasteiger partial charge on any atom is 0.312 e. The van der Waals surface area contributed by atoms with Crippen molar-refractivity contribution in [2.45, 2.75) is 20.4 Å². The maximum absolute atomic E-state index is 13.5. The Morgan fingerprint density at radius 1 is 0.976 bits per heavy atom. The molecule has 3 aromatic rings. The fraction of sp³-hybridized carbons (Fsp3) is 0.300. The Hall–Kier alpha value is -3.66. The van der Waals surface area contributed by atoms with Gasteiger partial charge in [-0.2, -0.15) is 0 Å². The number of benzene rings is 3. The number of carbonyl (C=O) groups is 3. The third-order valence-electron chi connectivity index (χ3n) is 6.86. The molecule has 1 aliphatic heterocycles. The number of rotatable bonds is 7. The average Bonchev–Trinajstić information content (AvgIpc) is 2.94. The number of piperazine rings is 1. The first-order chi connectivity index (χ1) is 19.5. The van der Waals surface area contributed by atoms with Crippen LogP contribution in [0.4, 0.5) is 10.1 Å². The smallest absolute Gasteiger partial charge is 0.312 e. The Morgan fingerprint density at radius 2 is 1.66 bits per heavy atom. The lowest BCUT2D eigenvalue weighted by Crippen LogP contribution is -2.53. The zero-order chi connectivity index (χ0) is 29.7. The average molecular weight is 602 g/mol. The van der Waals surface area contributed by atoms with E-state index in [4.69, 9.17) is 27.9 Å². The number of para-hydroxylation sites is 1. The molecule has 0 aliphatic carbocycles. The summed E-state index contributed by atoms with van der Waals surface area (Å²) in [7, 11) is 1.53. The minimum atomic E-state index is -0.669. The van der Waals surface area contributed by atoms with Crippen LogP contribution in [0, 0.1) is 19.7 Å². The molecule has 8 nitrogen and oxygen atoms in total. The van der Waals surface area contributed by atoms with Crippen molar-refractivity contribution in [1.29, 1.82) is 0 Å². The number of likely N-dealkylation sites (N-methyl/N-ethyl adjacent to an activating group) is 1. The second-order valence-electron chi connectivity index (χ2n) is 9.97. The fourth-order valence-corrected chi connectivity index (χ4v) is 4.88. The highest BCUT2D eigenvalue weighted by molar-refractivity contribution is 6.34. The largest absolute Gasteiger partial charge is 0.457 e. The summed E-state index contributed by atoms with van der Waals surface area (Å²) in [5, 5.41) is 3.29. The van der Waals surface area contributed by atoms with E-state index in [0.717, 1.165) is 16.8 Å². The van der Waals surface area contributed by atoms with Gasteiger partial charge in [0.05, 0.1) is 11.6 Å². The van der Waals surface area contributed by atoms with E-state index < -0.39 is 17.6 Å². The number of ether oxygens (including phenoxy) is 1. The van der Waals surface area contributed by atoms with Crippen molar-refractivity contribution in [3.63, 3.8) is 0 Å². The van der Waals surface area contributed by atoms with Gasteiger partial charge in [0.1, 0.15) is 17.3 Å². The summed E-state index contributed by atoms with van der Waals surface area (Å²) in [4.78, 5) is 43.4. The minimum Gasteiger partial charge on any atom is -0.457 e. The number of carbonyl (C=O) groups excluding carboxylic acids is 3. The lowest BCUT2D eigenvalue weighted by molar-refractivity contribution is -0.152. The van der Waals surface area contributed by atoms with Gasteiger partial charge in [-0.05, 0) is 49.2 Å². The third-order valence-corrected chi connectivity index (χ3v) is 7.38. The monoisotopic (exact) mass is 600 g/mol. The van der Waals surface area contributed by atoms with E-state index in [9.17, 15) is 18.8 Å². The highest BCUT2D eigenvalue weighted by Crippen LogP contribution is 2.31. The Morgan fingerprint density at radius 3 is 2.32 bits per heavy atom. The molecule has 1 N–H and O–H groups in total. The van der Waals surface area contributed by atoms with Gasteiger partial charge in [-0.1, -0.05) is 47.5 Å². The Bertz CT molecular complexity index is 1440. The second-order valence-corrected chi connectivity index (χ2v) is 10.8. The van der Waals surface area contributed by atoms with Crippen molar-refractivity contribution in [2.75, 3.05) is 45.1 Å². The standard InChI is InChI=1S/C30H31Cl2FN4O4/c1-19-5-4-6-20(2)28(19)34-27(38)18-36-11-13-37(14-12-36)30(40)29(39)35(3)17-21-7-8-22(31)15-26(21)41-23-9-10-25(33)24(32)16-23/h4-10,15-16H,11-14,17-18H2,1-3H3,(H,34,38). The Kier molecular flexibility index (Phi) is 9.86. The quantitative estimate of drug-likeness (QED) is 0.373. The molecule has 3 aromatic carbocycles. The van der Waals surface area contributed by atoms with Crippen LogP contribution in [0.2, 0.25) is 10.0 Å². The molecule has 3 amide bonds. The molecule has 0 aromatic heterocycles. The van der Waals surface area contributed by atoms with E-state index >= 15 is 0 Å². The van der Waals surface area contributed by atoms with Crippen molar-refractivity contribution < 1.29 is 23.5 Å². The van der Waals surface area contributed by atoms with Crippen LogP contribution in [0.3, 0.4) is 0 Å². The number of amides is 3. The predicted octanol–water partition coefficient (Wildman–Crippen LogP) is 5.28. The molecule has 4 rings (SSSR count). The summed E-state index contributed by atoms with van der Waals surface area (Å²) in [5.41, 5.74) is 3.40. The van der Waals surface area contributed by atoms with E-state index in [1.807, 2.05) is 36.9 Å². The number of nitrogens with zero attached hydrogens (tertiary/aromatic N) is 3. The molecular weight excluding hydrogens is 570 g/mol. The van der Waals surface area contributed by atoms with Crippen LogP contribution in [0.25, 0.3) is 0 Å². The van der Waals surface area contributed by atoms with Crippen LogP contribution in [0.1, 0.15) is 16.7 Å². The third kappa shape index (κ3) is 7.75. The number of hydrogen-bond acceptors (Lipinski definition) is 5. The summed E-state index contributed by atoms with van der Waals surface area (Å²) < 4.78 is 19.4. The maximum atomic E-state index is 13.5. The summed E-state index contributed by atoms with van der Waals surface area (Å²) in [6.45, 7) is 5.77. The van der Waals surface area contributed by atoms with Crippen molar-refractivity contribution in [2.24, 2.45) is 0 Å². The van der Waals surface area contributed by atoms with Gasteiger partial charge >= 0.3 is 11.8 Å². The molecule has 11 heteroatoms. The zero-order valence-electron chi connectivity index (χ0n) is 23.0. The van der Waals surface area contributed by atoms with Crippen LogP contribution >= 0.6 is 23.2 Å². The molecule has 1 fully saturated rings. The van der Waals surface area contributed by atoms with Gasteiger partial charge in [0.2, 0.25) is 5.91 Å². The summed E-state index contributed by atoms with van der Waals surface area (Å²) in [5.74, 6) is -1.34. The van der Waals surface area contributed by atoms with E-state index in [-0.39, 0.29) is 24.0 Å². The molecule has 0 bridgehead atoms. The van der Waals surface area contributed by atoms with Crippen LogP contribution in [0.5, 0.6) is 11.5 Å².